The normalized spacial score (nSPS) is 17.0. The quantitative estimate of drug-likeness (QED) is 0.236. The van der Waals surface area contributed by atoms with Crippen molar-refractivity contribution in [3.63, 3.8) is 0 Å². The summed E-state index contributed by atoms with van der Waals surface area (Å²) in [6.45, 7) is 2.48. The molecule has 0 aliphatic carbocycles. The standard InChI is InChI=1S/C26H31NO8/c1-15-12-16(8-9-18(15)32-3)23(28)21-22(27(10-7-11-31-2)26(30)24(21)29)17-13-19(33-4)25(35-6)20(14-17)34-5/h8-9,12-14,22,28H,7,10-11H2,1-6H3/b23-21+/t22-/m1/s1. The number of carbonyl (C=O) groups is 2. The van der Waals surface area contributed by atoms with E-state index in [1.165, 1.54) is 26.2 Å². The molecule has 0 unspecified atom stereocenters. The zero-order valence-electron chi connectivity index (χ0n) is 20.8. The summed E-state index contributed by atoms with van der Waals surface area (Å²) >= 11 is 0. The van der Waals surface area contributed by atoms with Crippen LogP contribution >= 0.6 is 0 Å². The first-order valence-electron chi connectivity index (χ1n) is 11.0. The van der Waals surface area contributed by atoms with Crippen LogP contribution < -0.4 is 18.9 Å². The molecule has 3 rings (SSSR count). The Kier molecular flexibility index (Phi) is 8.24. The zero-order valence-corrected chi connectivity index (χ0v) is 20.8. The second kappa shape index (κ2) is 11.1. The van der Waals surface area contributed by atoms with Crippen molar-refractivity contribution in [3.05, 3.63) is 52.6 Å². The van der Waals surface area contributed by atoms with Crippen molar-refractivity contribution in [1.82, 2.24) is 4.90 Å². The topological polar surface area (TPSA) is 104 Å². The lowest BCUT2D eigenvalue weighted by molar-refractivity contribution is -0.140. The molecule has 188 valence electrons. The zero-order chi connectivity index (χ0) is 25.7. The fourth-order valence-electron chi connectivity index (χ4n) is 4.28. The van der Waals surface area contributed by atoms with Gasteiger partial charge in [-0.25, -0.2) is 0 Å². The molecule has 2 aromatic carbocycles. The molecule has 0 saturated carbocycles. The maximum Gasteiger partial charge on any atom is 0.295 e. The number of carbonyl (C=O) groups excluding carboxylic acids is 2. The number of Topliss-reactive ketones (excluding diaryl/α,β-unsaturated/α-hetero) is 1. The molecule has 1 atom stereocenters. The first-order chi connectivity index (χ1) is 16.8. The van der Waals surface area contributed by atoms with Crippen molar-refractivity contribution in [2.45, 2.75) is 19.4 Å². The number of benzene rings is 2. The molecule has 1 saturated heterocycles. The third-order valence-electron chi connectivity index (χ3n) is 5.96. The monoisotopic (exact) mass is 485 g/mol. The third-order valence-corrected chi connectivity index (χ3v) is 5.96. The van der Waals surface area contributed by atoms with Gasteiger partial charge < -0.3 is 33.7 Å². The number of nitrogens with zero attached hydrogens (tertiary/aromatic N) is 1. The van der Waals surface area contributed by atoms with E-state index in [-0.39, 0.29) is 17.9 Å². The van der Waals surface area contributed by atoms with E-state index in [0.717, 1.165) is 5.56 Å². The van der Waals surface area contributed by atoms with Crippen LogP contribution in [-0.2, 0) is 14.3 Å². The van der Waals surface area contributed by atoms with Gasteiger partial charge in [0.05, 0.1) is 40.1 Å². The number of hydrogen-bond donors (Lipinski definition) is 1. The smallest absolute Gasteiger partial charge is 0.295 e. The van der Waals surface area contributed by atoms with E-state index in [9.17, 15) is 14.7 Å². The second-order valence-electron chi connectivity index (χ2n) is 7.98. The molecule has 0 spiro atoms. The molecule has 9 nitrogen and oxygen atoms in total. The SMILES string of the molecule is COCCCN1C(=O)C(=O)/C(=C(/O)c2ccc(OC)c(C)c2)[C@H]1c1cc(OC)c(OC)c(OC)c1. The van der Waals surface area contributed by atoms with Gasteiger partial charge in [-0.15, -0.1) is 0 Å². The first-order valence-corrected chi connectivity index (χ1v) is 11.0. The Labute approximate surface area is 204 Å². The summed E-state index contributed by atoms with van der Waals surface area (Å²) in [5, 5.41) is 11.3. The second-order valence-corrected chi connectivity index (χ2v) is 7.98. The summed E-state index contributed by atoms with van der Waals surface area (Å²) in [4.78, 5) is 27.8. The van der Waals surface area contributed by atoms with E-state index in [4.69, 9.17) is 23.7 Å². The van der Waals surface area contributed by atoms with Crippen LogP contribution in [0.1, 0.15) is 29.2 Å². The van der Waals surface area contributed by atoms with Crippen LogP contribution in [0.15, 0.2) is 35.9 Å². The van der Waals surface area contributed by atoms with E-state index in [1.807, 2.05) is 6.92 Å². The lowest BCUT2D eigenvalue weighted by Gasteiger charge is -2.26. The predicted molar refractivity (Wildman–Crippen MR) is 129 cm³/mol. The van der Waals surface area contributed by atoms with Crippen LogP contribution in [0.4, 0.5) is 0 Å². The highest BCUT2D eigenvalue weighted by atomic mass is 16.5. The van der Waals surface area contributed by atoms with Gasteiger partial charge in [0, 0.05) is 25.8 Å². The Morgan fingerprint density at radius 2 is 1.54 bits per heavy atom. The summed E-state index contributed by atoms with van der Waals surface area (Å²) in [7, 11) is 7.57. The molecule has 1 amide bonds. The largest absolute Gasteiger partial charge is 0.507 e. The summed E-state index contributed by atoms with van der Waals surface area (Å²) in [5.41, 5.74) is 1.68. The summed E-state index contributed by atoms with van der Waals surface area (Å²) < 4.78 is 26.8. The van der Waals surface area contributed by atoms with Gasteiger partial charge in [-0.1, -0.05) is 0 Å². The number of amides is 1. The Morgan fingerprint density at radius 3 is 2.06 bits per heavy atom. The van der Waals surface area contributed by atoms with Gasteiger partial charge in [-0.3, -0.25) is 9.59 Å². The van der Waals surface area contributed by atoms with Crippen LogP contribution in [-0.4, -0.2) is 70.4 Å². The molecule has 9 heteroatoms. The minimum atomic E-state index is -0.872. The minimum absolute atomic E-state index is 0.0220. The van der Waals surface area contributed by atoms with Gasteiger partial charge in [-0.05, 0) is 54.8 Å². The fourth-order valence-corrected chi connectivity index (χ4v) is 4.28. The number of aliphatic hydroxyl groups excluding tert-OH is 1. The third kappa shape index (κ3) is 4.90. The van der Waals surface area contributed by atoms with E-state index >= 15 is 0 Å². The Hall–Kier alpha value is -3.72. The van der Waals surface area contributed by atoms with Crippen molar-refractivity contribution < 1.29 is 38.4 Å². The fraction of sp³-hybridized carbons (Fsp3) is 0.385. The summed E-state index contributed by atoms with van der Waals surface area (Å²) in [6, 6.07) is 7.53. The molecule has 1 fully saturated rings. The van der Waals surface area contributed by atoms with Crippen molar-refractivity contribution in [1.29, 1.82) is 0 Å². The molecular formula is C26H31NO8. The van der Waals surface area contributed by atoms with E-state index in [1.54, 1.807) is 44.6 Å². The Morgan fingerprint density at radius 1 is 0.914 bits per heavy atom. The van der Waals surface area contributed by atoms with Crippen LogP contribution in [0.2, 0.25) is 0 Å². The average molecular weight is 486 g/mol. The maximum atomic E-state index is 13.2. The highest BCUT2D eigenvalue weighted by Gasteiger charge is 2.46. The number of ketones is 1. The van der Waals surface area contributed by atoms with Crippen LogP contribution in [0.25, 0.3) is 5.76 Å². The molecule has 0 aromatic heterocycles. The van der Waals surface area contributed by atoms with Gasteiger partial charge in [0.2, 0.25) is 5.75 Å². The number of aryl methyl sites for hydroxylation is 1. The molecule has 35 heavy (non-hydrogen) atoms. The maximum absolute atomic E-state index is 13.2. The number of rotatable bonds is 10. The van der Waals surface area contributed by atoms with E-state index < -0.39 is 17.7 Å². The molecule has 1 N–H and O–H groups in total. The molecule has 2 aromatic rings. The van der Waals surface area contributed by atoms with Crippen LogP contribution in [0, 0.1) is 6.92 Å². The number of likely N-dealkylation sites (tertiary alicyclic amines) is 1. The highest BCUT2D eigenvalue weighted by Crippen LogP contribution is 2.45. The molecule has 1 aliphatic heterocycles. The highest BCUT2D eigenvalue weighted by molar-refractivity contribution is 6.46. The minimum Gasteiger partial charge on any atom is -0.507 e. The van der Waals surface area contributed by atoms with Gasteiger partial charge >= 0.3 is 0 Å². The van der Waals surface area contributed by atoms with Crippen molar-refractivity contribution >= 4 is 17.4 Å². The van der Waals surface area contributed by atoms with Crippen LogP contribution in [0.5, 0.6) is 23.0 Å². The van der Waals surface area contributed by atoms with Gasteiger partial charge in [-0.2, -0.15) is 0 Å². The summed E-state index contributed by atoms with van der Waals surface area (Å²) in [6.07, 6.45) is 0.506. The molecule has 0 radical (unpaired) electrons. The molecule has 1 aliphatic rings. The first kappa shape index (κ1) is 25.9. The van der Waals surface area contributed by atoms with Gasteiger partial charge in [0.1, 0.15) is 11.5 Å². The van der Waals surface area contributed by atoms with Crippen molar-refractivity contribution in [3.8, 4) is 23.0 Å². The van der Waals surface area contributed by atoms with Gasteiger partial charge in [0.25, 0.3) is 11.7 Å². The lowest BCUT2D eigenvalue weighted by Crippen LogP contribution is -2.31. The van der Waals surface area contributed by atoms with Crippen molar-refractivity contribution in [2.75, 3.05) is 48.7 Å². The predicted octanol–water partition coefficient (Wildman–Crippen LogP) is 3.49. The number of hydrogen-bond acceptors (Lipinski definition) is 8. The Bertz CT molecular complexity index is 1120. The van der Waals surface area contributed by atoms with Crippen molar-refractivity contribution in [2.24, 2.45) is 0 Å². The summed E-state index contributed by atoms with van der Waals surface area (Å²) in [5.74, 6) is -0.00118. The molecule has 1 heterocycles. The number of methoxy groups -OCH3 is 5. The molecular weight excluding hydrogens is 454 g/mol. The van der Waals surface area contributed by atoms with E-state index in [2.05, 4.69) is 0 Å². The van der Waals surface area contributed by atoms with Gasteiger partial charge in [0.15, 0.2) is 11.5 Å². The Balaban J connectivity index is 2.24. The van der Waals surface area contributed by atoms with Crippen LogP contribution in [0.3, 0.4) is 0 Å². The number of ether oxygens (including phenoxy) is 5. The van der Waals surface area contributed by atoms with E-state index in [0.29, 0.717) is 47.2 Å². The molecule has 0 bridgehead atoms. The average Bonchev–Trinajstić information content (AvgIpc) is 3.12. The lowest BCUT2D eigenvalue weighted by atomic mass is 9.94. The number of aliphatic hydroxyl groups is 1.